The molecule has 2 N–H and O–H groups in total. The molecule has 0 radical (unpaired) electrons. The van der Waals surface area contributed by atoms with E-state index in [-0.39, 0.29) is 0 Å². The average Bonchev–Trinajstić information content (AvgIpc) is 2.75. The van der Waals surface area contributed by atoms with E-state index in [2.05, 4.69) is 16.8 Å². The molecule has 2 heterocycles. The molecule has 0 amide bonds. The molecule has 0 bridgehead atoms. The Balaban J connectivity index is 1.82. The highest BCUT2D eigenvalue weighted by atomic mass is 32.1. The van der Waals surface area contributed by atoms with E-state index in [0.29, 0.717) is 4.99 Å². The van der Waals surface area contributed by atoms with E-state index in [1.165, 1.54) is 25.9 Å². The van der Waals surface area contributed by atoms with Gasteiger partial charge < -0.3 is 10.6 Å². The third kappa shape index (κ3) is 3.72. The van der Waals surface area contributed by atoms with E-state index in [9.17, 15) is 0 Å². The second-order valence-corrected chi connectivity index (χ2v) is 6.17. The van der Waals surface area contributed by atoms with Crippen LogP contribution in [0.2, 0.25) is 0 Å². The molecule has 1 aliphatic rings. The number of rotatable bonds is 4. The molecule has 1 aromatic heterocycles. The first-order valence-corrected chi connectivity index (χ1v) is 7.40. The predicted molar refractivity (Wildman–Crippen MR) is 76.5 cm³/mol. The minimum Gasteiger partial charge on any atom is -0.388 e. The zero-order valence-corrected chi connectivity index (χ0v) is 11.8. The molecule has 0 aromatic carbocycles. The molecule has 1 fully saturated rings. The van der Waals surface area contributed by atoms with E-state index < -0.39 is 0 Å². The summed E-state index contributed by atoms with van der Waals surface area (Å²) in [4.78, 5) is 7.38. The van der Waals surface area contributed by atoms with Crippen molar-refractivity contribution in [3.8, 4) is 0 Å². The molecule has 0 aliphatic carbocycles. The van der Waals surface area contributed by atoms with Crippen molar-refractivity contribution in [2.75, 3.05) is 19.6 Å². The molecular weight excluding hydrogens is 250 g/mol. The van der Waals surface area contributed by atoms with E-state index in [1.807, 2.05) is 5.38 Å². The maximum atomic E-state index is 5.55. The van der Waals surface area contributed by atoms with Crippen LogP contribution in [0.25, 0.3) is 0 Å². The highest BCUT2D eigenvalue weighted by Crippen LogP contribution is 2.17. The number of nitrogens with zero attached hydrogens (tertiary/aromatic N) is 2. The molecule has 1 aliphatic heterocycles. The Bertz CT molecular complexity index is 389. The number of piperidine rings is 1. The topological polar surface area (TPSA) is 42.2 Å². The van der Waals surface area contributed by atoms with E-state index >= 15 is 0 Å². The monoisotopic (exact) mass is 269 g/mol. The molecule has 1 aromatic rings. The summed E-state index contributed by atoms with van der Waals surface area (Å²) >= 11 is 6.57. The Morgan fingerprint density at radius 1 is 1.71 bits per heavy atom. The van der Waals surface area contributed by atoms with Crippen LogP contribution in [0.15, 0.2) is 5.38 Å². The van der Waals surface area contributed by atoms with Crippen molar-refractivity contribution < 1.29 is 0 Å². The van der Waals surface area contributed by atoms with Crippen molar-refractivity contribution in [1.82, 2.24) is 9.88 Å². The molecule has 1 atom stereocenters. The molecule has 1 saturated heterocycles. The van der Waals surface area contributed by atoms with Crippen LogP contribution in [0.4, 0.5) is 0 Å². The quantitative estimate of drug-likeness (QED) is 0.850. The van der Waals surface area contributed by atoms with Crippen LogP contribution in [-0.2, 0) is 6.42 Å². The Hall–Kier alpha value is -0.520. The number of hydrogen-bond acceptors (Lipinski definition) is 4. The summed E-state index contributed by atoms with van der Waals surface area (Å²) in [5, 5.41) is 3.10. The smallest absolute Gasteiger partial charge is 0.123 e. The summed E-state index contributed by atoms with van der Waals surface area (Å²) in [5.74, 6) is 0.840. The molecular formula is C12H19N3S2. The van der Waals surface area contributed by atoms with Crippen molar-refractivity contribution in [2.45, 2.75) is 26.2 Å². The van der Waals surface area contributed by atoms with Crippen molar-refractivity contribution in [3.05, 3.63) is 16.1 Å². The Kier molecular flexibility index (Phi) is 4.48. The van der Waals surface area contributed by atoms with Crippen LogP contribution in [0.3, 0.4) is 0 Å². The maximum absolute atomic E-state index is 5.55. The molecule has 17 heavy (non-hydrogen) atoms. The minimum absolute atomic E-state index is 0.402. The molecule has 5 heteroatoms. The van der Waals surface area contributed by atoms with Gasteiger partial charge in [-0.3, -0.25) is 0 Å². The van der Waals surface area contributed by atoms with E-state index in [0.717, 1.165) is 29.6 Å². The zero-order valence-electron chi connectivity index (χ0n) is 10.2. The second-order valence-electron chi connectivity index (χ2n) is 4.79. The number of thiazole rings is 1. The van der Waals surface area contributed by atoms with Gasteiger partial charge in [0.05, 0.1) is 5.01 Å². The third-order valence-electron chi connectivity index (χ3n) is 3.19. The summed E-state index contributed by atoms with van der Waals surface area (Å²) in [6.45, 7) is 5.90. The second kappa shape index (κ2) is 5.89. The first-order chi connectivity index (χ1) is 8.15. The van der Waals surface area contributed by atoms with Gasteiger partial charge in [0.15, 0.2) is 0 Å². The van der Waals surface area contributed by atoms with Gasteiger partial charge in [0.25, 0.3) is 0 Å². The zero-order chi connectivity index (χ0) is 12.3. The van der Waals surface area contributed by atoms with Crippen molar-refractivity contribution in [1.29, 1.82) is 0 Å². The third-order valence-corrected chi connectivity index (χ3v) is 4.30. The lowest BCUT2D eigenvalue weighted by Gasteiger charge is -2.30. The maximum Gasteiger partial charge on any atom is 0.123 e. The summed E-state index contributed by atoms with van der Waals surface area (Å²) in [7, 11) is 0. The van der Waals surface area contributed by atoms with Crippen LogP contribution in [0.1, 0.15) is 30.5 Å². The molecule has 3 nitrogen and oxygen atoms in total. The lowest BCUT2D eigenvalue weighted by Crippen LogP contribution is -2.35. The Morgan fingerprint density at radius 2 is 2.53 bits per heavy atom. The van der Waals surface area contributed by atoms with Crippen molar-refractivity contribution in [3.63, 3.8) is 0 Å². The van der Waals surface area contributed by atoms with Crippen LogP contribution in [0.5, 0.6) is 0 Å². The summed E-state index contributed by atoms with van der Waals surface area (Å²) in [6.07, 6.45) is 3.72. The fourth-order valence-corrected chi connectivity index (χ4v) is 3.25. The van der Waals surface area contributed by atoms with Gasteiger partial charge in [-0.05, 0) is 25.3 Å². The highest BCUT2D eigenvalue weighted by molar-refractivity contribution is 7.80. The molecule has 0 spiro atoms. The average molecular weight is 269 g/mol. The lowest BCUT2D eigenvalue weighted by atomic mass is 10.0. The summed E-state index contributed by atoms with van der Waals surface area (Å²) in [6, 6.07) is 0. The van der Waals surface area contributed by atoms with Crippen LogP contribution < -0.4 is 5.73 Å². The number of thiocarbonyl (C=S) groups is 1. The van der Waals surface area contributed by atoms with E-state index in [4.69, 9.17) is 18.0 Å². The Labute approximate surface area is 112 Å². The van der Waals surface area contributed by atoms with Crippen LogP contribution in [0, 0.1) is 5.92 Å². The lowest BCUT2D eigenvalue weighted by molar-refractivity contribution is 0.186. The predicted octanol–water partition coefficient (Wildman–Crippen LogP) is 2.05. The number of nitrogens with two attached hydrogens (primary N) is 1. The van der Waals surface area contributed by atoms with Gasteiger partial charge in [-0.2, -0.15) is 0 Å². The molecule has 2 rings (SSSR count). The fourth-order valence-electron chi connectivity index (χ4n) is 2.28. The minimum atomic E-state index is 0.402. The highest BCUT2D eigenvalue weighted by Gasteiger charge is 2.16. The van der Waals surface area contributed by atoms with Crippen LogP contribution in [-0.4, -0.2) is 34.5 Å². The first-order valence-electron chi connectivity index (χ1n) is 6.11. The molecule has 0 saturated carbocycles. The van der Waals surface area contributed by atoms with Gasteiger partial charge in [0.2, 0.25) is 0 Å². The fraction of sp³-hybridized carbons (Fsp3) is 0.667. The number of hydrogen-bond donors (Lipinski definition) is 1. The van der Waals surface area contributed by atoms with Crippen molar-refractivity contribution in [2.24, 2.45) is 11.7 Å². The van der Waals surface area contributed by atoms with Crippen LogP contribution >= 0.6 is 23.6 Å². The van der Waals surface area contributed by atoms with Crippen molar-refractivity contribution >= 4 is 28.5 Å². The molecule has 1 unspecified atom stereocenters. The van der Waals surface area contributed by atoms with Gasteiger partial charge in [-0.1, -0.05) is 19.1 Å². The van der Waals surface area contributed by atoms with E-state index in [1.54, 1.807) is 11.3 Å². The van der Waals surface area contributed by atoms with Gasteiger partial charge in [0, 0.05) is 24.9 Å². The standard InChI is InChI=1S/C12H19N3S2/c1-9-3-2-5-15(7-9)6-4-11-14-10(8-17-11)12(13)16/h8-9H,2-7H2,1H3,(H2,13,16). The largest absolute Gasteiger partial charge is 0.388 e. The first kappa shape index (κ1) is 12.9. The number of aromatic nitrogens is 1. The summed E-state index contributed by atoms with van der Waals surface area (Å²) in [5.41, 5.74) is 6.32. The Morgan fingerprint density at radius 3 is 3.18 bits per heavy atom. The van der Waals surface area contributed by atoms with Gasteiger partial charge in [0.1, 0.15) is 10.7 Å². The van der Waals surface area contributed by atoms with Gasteiger partial charge in [-0.15, -0.1) is 11.3 Å². The number of likely N-dealkylation sites (tertiary alicyclic amines) is 1. The SMILES string of the molecule is CC1CCCN(CCc2nc(C(N)=S)cs2)C1. The molecule has 94 valence electrons. The van der Waals surface area contributed by atoms with Gasteiger partial charge in [-0.25, -0.2) is 4.98 Å². The van der Waals surface area contributed by atoms with Gasteiger partial charge >= 0.3 is 0 Å². The normalized spacial score (nSPS) is 21.6. The summed E-state index contributed by atoms with van der Waals surface area (Å²) < 4.78 is 0.